The largest absolute Gasteiger partial charge is 0.370 e. The van der Waals surface area contributed by atoms with E-state index in [0.717, 1.165) is 30.4 Å². The second kappa shape index (κ2) is 6.92. The molecular formula is C13H23N5O. The van der Waals surface area contributed by atoms with Crippen LogP contribution < -0.4 is 10.2 Å². The van der Waals surface area contributed by atoms with E-state index in [1.54, 1.807) is 19.0 Å². The molecule has 0 bridgehead atoms. The van der Waals surface area contributed by atoms with Crippen molar-refractivity contribution in [1.82, 2.24) is 14.9 Å². The molecule has 1 N–H and O–H groups in total. The summed E-state index contributed by atoms with van der Waals surface area (Å²) in [7, 11) is 5.36. The van der Waals surface area contributed by atoms with Gasteiger partial charge in [0.1, 0.15) is 17.5 Å². The van der Waals surface area contributed by atoms with Crippen LogP contribution in [0.5, 0.6) is 0 Å². The zero-order valence-corrected chi connectivity index (χ0v) is 12.4. The Bertz CT molecular complexity index is 433. The molecule has 0 aromatic carbocycles. The van der Waals surface area contributed by atoms with Crippen molar-refractivity contribution in [3.05, 3.63) is 11.9 Å². The third-order valence-corrected chi connectivity index (χ3v) is 2.70. The van der Waals surface area contributed by atoms with Crippen LogP contribution in [0.25, 0.3) is 0 Å². The summed E-state index contributed by atoms with van der Waals surface area (Å²) in [6.45, 7) is 5.14. The van der Waals surface area contributed by atoms with Gasteiger partial charge in [-0.3, -0.25) is 4.79 Å². The Balaban J connectivity index is 2.91. The lowest BCUT2D eigenvalue weighted by molar-refractivity contribution is -0.127. The van der Waals surface area contributed by atoms with Gasteiger partial charge in [0.05, 0.1) is 6.54 Å². The van der Waals surface area contributed by atoms with Gasteiger partial charge in [-0.1, -0.05) is 6.92 Å². The summed E-state index contributed by atoms with van der Waals surface area (Å²) in [6, 6.07) is 1.87. The molecule has 0 spiro atoms. The summed E-state index contributed by atoms with van der Waals surface area (Å²) < 4.78 is 0. The first-order chi connectivity index (χ1) is 8.97. The van der Waals surface area contributed by atoms with Crippen molar-refractivity contribution in [3.63, 3.8) is 0 Å². The molecule has 19 heavy (non-hydrogen) atoms. The molecule has 6 heteroatoms. The second-order valence-corrected chi connectivity index (χ2v) is 4.56. The topological polar surface area (TPSA) is 61.4 Å². The number of likely N-dealkylation sites (N-methyl/N-ethyl adjacent to an activating group) is 2. The number of hydrogen-bond donors (Lipinski definition) is 1. The van der Waals surface area contributed by atoms with Crippen LogP contribution in [0.4, 0.5) is 11.6 Å². The molecule has 1 aromatic rings. The lowest BCUT2D eigenvalue weighted by Gasteiger charge is -2.21. The van der Waals surface area contributed by atoms with E-state index in [1.807, 2.05) is 31.9 Å². The highest BCUT2D eigenvalue weighted by molar-refractivity contribution is 5.80. The summed E-state index contributed by atoms with van der Waals surface area (Å²) in [5, 5.41) is 3.18. The Hall–Kier alpha value is -1.85. The van der Waals surface area contributed by atoms with Gasteiger partial charge in [-0.25, -0.2) is 9.97 Å². The number of carbonyl (C=O) groups is 1. The highest BCUT2D eigenvalue weighted by Crippen LogP contribution is 2.15. The standard InChI is InChI=1S/C13H23N5O/c1-6-10-15-11(14-7-2)8-12(16-10)18(5)9-13(19)17(3)4/h8H,6-7,9H2,1-5H3,(H,14,15,16). The number of anilines is 2. The molecule has 0 aliphatic carbocycles. The van der Waals surface area contributed by atoms with Gasteiger partial charge in [0.15, 0.2) is 0 Å². The molecule has 106 valence electrons. The maximum Gasteiger partial charge on any atom is 0.241 e. The minimum atomic E-state index is 0.0455. The van der Waals surface area contributed by atoms with Gasteiger partial charge in [0.2, 0.25) is 5.91 Å². The van der Waals surface area contributed by atoms with Crippen molar-refractivity contribution >= 4 is 17.5 Å². The van der Waals surface area contributed by atoms with Crippen LogP contribution in [0.3, 0.4) is 0 Å². The van der Waals surface area contributed by atoms with Crippen LogP contribution in [0.2, 0.25) is 0 Å². The zero-order chi connectivity index (χ0) is 14.4. The number of aromatic nitrogens is 2. The monoisotopic (exact) mass is 265 g/mol. The fraction of sp³-hybridized carbons (Fsp3) is 0.615. The molecule has 1 amide bonds. The van der Waals surface area contributed by atoms with E-state index in [1.165, 1.54) is 0 Å². The predicted molar refractivity (Wildman–Crippen MR) is 77.5 cm³/mol. The number of rotatable bonds is 6. The van der Waals surface area contributed by atoms with Crippen LogP contribution in [-0.4, -0.2) is 55.0 Å². The van der Waals surface area contributed by atoms with Crippen molar-refractivity contribution in [2.24, 2.45) is 0 Å². The minimum Gasteiger partial charge on any atom is -0.370 e. The Morgan fingerprint density at radius 2 is 1.95 bits per heavy atom. The van der Waals surface area contributed by atoms with E-state index < -0.39 is 0 Å². The molecule has 0 aliphatic heterocycles. The first kappa shape index (κ1) is 15.2. The average molecular weight is 265 g/mol. The van der Waals surface area contributed by atoms with E-state index >= 15 is 0 Å². The number of aryl methyl sites for hydroxylation is 1. The first-order valence-corrected chi connectivity index (χ1v) is 6.51. The fourth-order valence-electron chi connectivity index (χ4n) is 1.53. The Labute approximate surface area is 114 Å². The van der Waals surface area contributed by atoms with Crippen LogP contribution in [0, 0.1) is 0 Å². The molecule has 0 saturated heterocycles. The quantitative estimate of drug-likeness (QED) is 0.831. The van der Waals surface area contributed by atoms with Gasteiger partial charge in [-0.2, -0.15) is 0 Å². The maximum absolute atomic E-state index is 11.7. The smallest absolute Gasteiger partial charge is 0.241 e. The second-order valence-electron chi connectivity index (χ2n) is 4.56. The molecule has 1 aromatic heterocycles. The molecule has 6 nitrogen and oxygen atoms in total. The SMILES string of the molecule is CCNc1cc(N(C)CC(=O)N(C)C)nc(CC)n1. The van der Waals surface area contributed by atoms with Gasteiger partial charge in [0.25, 0.3) is 0 Å². The fourth-order valence-corrected chi connectivity index (χ4v) is 1.53. The van der Waals surface area contributed by atoms with Crippen LogP contribution in [0.1, 0.15) is 19.7 Å². The van der Waals surface area contributed by atoms with Crippen molar-refractivity contribution in [1.29, 1.82) is 0 Å². The third kappa shape index (κ3) is 4.39. The van der Waals surface area contributed by atoms with Crippen LogP contribution in [-0.2, 0) is 11.2 Å². The molecule has 1 rings (SSSR count). The number of carbonyl (C=O) groups excluding carboxylic acids is 1. The molecule has 0 atom stereocenters. The Kier molecular flexibility index (Phi) is 5.54. The summed E-state index contributed by atoms with van der Waals surface area (Å²) >= 11 is 0. The summed E-state index contributed by atoms with van der Waals surface area (Å²) in [6.07, 6.45) is 0.766. The van der Waals surface area contributed by atoms with Crippen LogP contribution >= 0.6 is 0 Å². The maximum atomic E-state index is 11.7. The van der Waals surface area contributed by atoms with E-state index in [4.69, 9.17) is 0 Å². The molecule has 0 radical (unpaired) electrons. The van der Waals surface area contributed by atoms with Gasteiger partial charge < -0.3 is 15.1 Å². The molecule has 0 fully saturated rings. The van der Waals surface area contributed by atoms with Crippen molar-refractivity contribution in [2.75, 3.05) is 44.4 Å². The lowest BCUT2D eigenvalue weighted by Crippen LogP contribution is -2.34. The molecule has 0 aliphatic rings. The Morgan fingerprint density at radius 1 is 1.26 bits per heavy atom. The van der Waals surface area contributed by atoms with E-state index in [9.17, 15) is 4.79 Å². The zero-order valence-electron chi connectivity index (χ0n) is 12.4. The summed E-state index contributed by atoms with van der Waals surface area (Å²) in [5.74, 6) is 2.38. The van der Waals surface area contributed by atoms with Gasteiger partial charge in [-0.15, -0.1) is 0 Å². The van der Waals surface area contributed by atoms with Crippen molar-refractivity contribution in [3.8, 4) is 0 Å². The van der Waals surface area contributed by atoms with E-state index in [0.29, 0.717) is 6.54 Å². The predicted octanol–water partition coefficient (Wildman–Crippen LogP) is 0.995. The average Bonchev–Trinajstić information content (AvgIpc) is 2.38. The molecule has 0 unspecified atom stereocenters. The number of nitrogens with one attached hydrogen (secondary N) is 1. The highest BCUT2D eigenvalue weighted by Gasteiger charge is 2.12. The minimum absolute atomic E-state index is 0.0455. The van der Waals surface area contributed by atoms with Crippen molar-refractivity contribution < 1.29 is 4.79 Å². The first-order valence-electron chi connectivity index (χ1n) is 6.51. The molecule has 0 saturated carbocycles. The summed E-state index contributed by atoms with van der Waals surface area (Å²) in [4.78, 5) is 24.0. The number of amides is 1. The number of hydrogen-bond acceptors (Lipinski definition) is 5. The lowest BCUT2D eigenvalue weighted by atomic mass is 10.4. The molecular weight excluding hydrogens is 242 g/mol. The summed E-state index contributed by atoms with van der Waals surface area (Å²) in [5.41, 5.74) is 0. The van der Waals surface area contributed by atoms with E-state index in [-0.39, 0.29) is 5.91 Å². The number of nitrogens with zero attached hydrogens (tertiary/aromatic N) is 4. The Morgan fingerprint density at radius 3 is 2.47 bits per heavy atom. The highest BCUT2D eigenvalue weighted by atomic mass is 16.2. The van der Waals surface area contributed by atoms with E-state index in [2.05, 4.69) is 15.3 Å². The van der Waals surface area contributed by atoms with Gasteiger partial charge in [-0.05, 0) is 6.92 Å². The van der Waals surface area contributed by atoms with Gasteiger partial charge >= 0.3 is 0 Å². The van der Waals surface area contributed by atoms with Gasteiger partial charge in [0, 0.05) is 40.2 Å². The van der Waals surface area contributed by atoms with Crippen LogP contribution in [0.15, 0.2) is 6.07 Å². The normalized spacial score (nSPS) is 10.2. The third-order valence-electron chi connectivity index (χ3n) is 2.70. The molecule has 1 heterocycles. The van der Waals surface area contributed by atoms with Crippen molar-refractivity contribution in [2.45, 2.75) is 20.3 Å².